The number of amides is 2. The van der Waals surface area contributed by atoms with Gasteiger partial charge in [0.1, 0.15) is 0 Å². The molecule has 1 aliphatic rings. The van der Waals surface area contributed by atoms with Crippen LogP contribution >= 0.6 is 0 Å². The predicted octanol–water partition coefficient (Wildman–Crippen LogP) is 3.49. The Bertz CT molecular complexity index is 894. The summed E-state index contributed by atoms with van der Waals surface area (Å²) in [5, 5.41) is 5.68. The van der Waals surface area contributed by atoms with Crippen LogP contribution in [0.1, 0.15) is 43.6 Å². The second kappa shape index (κ2) is 9.96. The Balaban J connectivity index is 1.56. The standard InChI is InChI=1S/C25H34N4O2/c1-5-28-14-16-29(17-15-28)22-9-7-6-8-21(22)27-23(30)18-26-24(31)19-10-12-20(13-11-19)25(2,3)4/h6-13H,5,14-18H2,1-4H3,(H,26,31)(H,27,30). The number of anilines is 2. The first kappa shape index (κ1) is 22.8. The molecule has 2 N–H and O–H groups in total. The highest BCUT2D eigenvalue weighted by molar-refractivity contribution is 6.00. The SMILES string of the molecule is CCN1CCN(c2ccccc2NC(=O)CNC(=O)c2ccc(C(C)(C)C)cc2)CC1. The van der Waals surface area contributed by atoms with Gasteiger partial charge in [-0.3, -0.25) is 9.59 Å². The maximum Gasteiger partial charge on any atom is 0.251 e. The normalized spacial score (nSPS) is 14.9. The molecule has 2 aromatic rings. The van der Waals surface area contributed by atoms with Gasteiger partial charge >= 0.3 is 0 Å². The zero-order valence-corrected chi connectivity index (χ0v) is 19.1. The molecule has 0 spiro atoms. The van der Waals surface area contributed by atoms with E-state index in [0.717, 1.165) is 49.7 Å². The zero-order chi connectivity index (χ0) is 22.4. The van der Waals surface area contributed by atoms with Gasteiger partial charge in [-0.25, -0.2) is 0 Å². The molecule has 6 nitrogen and oxygen atoms in total. The number of benzene rings is 2. The van der Waals surface area contributed by atoms with Crippen LogP contribution < -0.4 is 15.5 Å². The number of carbonyl (C=O) groups excluding carboxylic acids is 2. The predicted molar refractivity (Wildman–Crippen MR) is 127 cm³/mol. The average molecular weight is 423 g/mol. The monoisotopic (exact) mass is 422 g/mol. The maximum absolute atomic E-state index is 12.5. The largest absolute Gasteiger partial charge is 0.367 e. The number of para-hydroxylation sites is 2. The fraction of sp³-hybridized carbons (Fsp3) is 0.440. The van der Waals surface area contributed by atoms with Crippen LogP contribution in [0.3, 0.4) is 0 Å². The van der Waals surface area contributed by atoms with E-state index < -0.39 is 0 Å². The highest BCUT2D eigenvalue weighted by Crippen LogP contribution is 2.26. The number of nitrogens with zero attached hydrogens (tertiary/aromatic N) is 2. The van der Waals surface area contributed by atoms with Crippen LogP contribution in [0, 0.1) is 0 Å². The van der Waals surface area contributed by atoms with Gasteiger partial charge in [-0.05, 0) is 41.8 Å². The molecule has 0 aromatic heterocycles. The molecule has 2 aromatic carbocycles. The molecule has 1 heterocycles. The first-order valence-electron chi connectivity index (χ1n) is 11.0. The van der Waals surface area contributed by atoms with Crippen molar-refractivity contribution in [3.8, 4) is 0 Å². The molecule has 1 saturated heterocycles. The van der Waals surface area contributed by atoms with Gasteiger partial charge in [0.2, 0.25) is 5.91 Å². The van der Waals surface area contributed by atoms with Crippen molar-refractivity contribution in [1.82, 2.24) is 10.2 Å². The lowest BCUT2D eigenvalue weighted by Crippen LogP contribution is -2.46. The molecular weight excluding hydrogens is 388 g/mol. The topological polar surface area (TPSA) is 64.7 Å². The lowest BCUT2D eigenvalue weighted by atomic mass is 9.87. The molecule has 0 unspecified atom stereocenters. The smallest absolute Gasteiger partial charge is 0.251 e. The Labute approximate surface area is 185 Å². The van der Waals surface area contributed by atoms with Crippen molar-refractivity contribution in [2.75, 3.05) is 49.5 Å². The van der Waals surface area contributed by atoms with E-state index in [2.05, 4.69) is 48.1 Å². The van der Waals surface area contributed by atoms with Gasteiger partial charge in [0.15, 0.2) is 0 Å². The number of hydrogen-bond donors (Lipinski definition) is 2. The minimum atomic E-state index is -0.250. The first-order valence-corrected chi connectivity index (χ1v) is 11.0. The van der Waals surface area contributed by atoms with E-state index in [1.807, 2.05) is 36.4 Å². The molecule has 31 heavy (non-hydrogen) atoms. The molecule has 0 atom stereocenters. The van der Waals surface area contributed by atoms with Gasteiger partial charge in [-0.2, -0.15) is 0 Å². The van der Waals surface area contributed by atoms with E-state index >= 15 is 0 Å². The van der Waals surface area contributed by atoms with E-state index in [1.165, 1.54) is 0 Å². The van der Waals surface area contributed by atoms with Crippen molar-refractivity contribution < 1.29 is 9.59 Å². The van der Waals surface area contributed by atoms with Gasteiger partial charge < -0.3 is 20.4 Å². The maximum atomic E-state index is 12.5. The molecule has 0 aliphatic carbocycles. The number of hydrogen-bond acceptors (Lipinski definition) is 4. The van der Waals surface area contributed by atoms with E-state index in [4.69, 9.17) is 0 Å². The third-order valence-corrected chi connectivity index (χ3v) is 5.76. The van der Waals surface area contributed by atoms with Crippen LogP contribution in [0.4, 0.5) is 11.4 Å². The molecule has 1 fully saturated rings. The second-order valence-corrected chi connectivity index (χ2v) is 9.00. The summed E-state index contributed by atoms with van der Waals surface area (Å²) in [6.45, 7) is 13.5. The van der Waals surface area contributed by atoms with Crippen LogP contribution in [0.5, 0.6) is 0 Å². The molecule has 0 saturated carbocycles. The van der Waals surface area contributed by atoms with E-state index in [0.29, 0.717) is 5.56 Å². The van der Waals surface area contributed by atoms with Crippen molar-refractivity contribution in [2.24, 2.45) is 0 Å². The quantitative estimate of drug-likeness (QED) is 0.748. The van der Waals surface area contributed by atoms with Crippen molar-refractivity contribution in [3.63, 3.8) is 0 Å². The lowest BCUT2D eigenvalue weighted by Gasteiger charge is -2.36. The molecule has 3 rings (SSSR count). The van der Waals surface area contributed by atoms with Crippen LogP contribution in [-0.4, -0.2) is 56.0 Å². The Hall–Kier alpha value is -2.86. The summed E-state index contributed by atoms with van der Waals surface area (Å²) in [6.07, 6.45) is 0. The fourth-order valence-corrected chi connectivity index (χ4v) is 3.74. The molecule has 2 amide bonds. The summed E-state index contributed by atoms with van der Waals surface area (Å²) in [7, 11) is 0. The number of likely N-dealkylation sites (N-methyl/N-ethyl adjacent to an activating group) is 1. The lowest BCUT2D eigenvalue weighted by molar-refractivity contribution is -0.115. The van der Waals surface area contributed by atoms with E-state index in [9.17, 15) is 9.59 Å². The highest BCUT2D eigenvalue weighted by Gasteiger charge is 2.19. The van der Waals surface area contributed by atoms with Crippen molar-refractivity contribution in [2.45, 2.75) is 33.1 Å². The van der Waals surface area contributed by atoms with E-state index in [1.54, 1.807) is 12.1 Å². The number of nitrogens with one attached hydrogen (secondary N) is 2. The van der Waals surface area contributed by atoms with Crippen LogP contribution in [-0.2, 0) is 10.2 Å². The molecule has 166 valence electrons. The second-order valence-electron chi connectivity index (χ2n) is 9.00. The Morgan fingerprint density at radius 3 is 2.19 bits per heavy atom. The van der Waals surface area contributed by atoms with Crippen molar-refractivity contribution >= 4 is 23.2 Å². The summed E-state index contributed by atoms with van der Waals surface area (Å²) in [4.78, 5) is 29.7. The minimum Gasteiger partial charge on any atom is -0.367 e. The number of carbonyl (C=O) groups is 2. The third kappa shape index (κ3) is 6.07. The van der Waals surface area contributed by atoms with Crippen LogP contribution in [0.2, 0.25) is 0 Å². The number of piperazine rings is 1. The summed E-state index contributed by atoms with van der Waals surface area (Å²) >= 11 is 0. The van der Waals surface area contributed by atoms with E-state index in [-0.39, 0.29) is 23.8 Å². The van der Waals surface area contributed by atoms with Gasteiger partial charge in [0.25, 0.3) is 5.91 Å². The number of rotatable bonds is 6. The summed E-state index contributed by atoms with van der Waals surface area (Å²) < 4.78 is 0. The molecule has 0 radical (unpaired) electrons. The first-order chi connectivity index (χ1) is 14.8. The van der Waals surface area contributed by atoms with Gasteiger partial charge in [0.05, 0.1) is 17.9 Å². The van der Waals surface area contributed by atoms with Gasteiger partial charge in [-0.1, -0.05) is 52.0 Å². The van der Waals surface area contributed by atoms with Crippen molar-refractivity contribution in [3.05, 3.63) is 59.7 Å². The van der Waals surface area contributed by atoms with Crippen molar-refractivity contribution in [1.29, 1.82) is 0 Å². The van der Waals surface area contributed by atoms with Crippen LogP contribution in [0.15, 0.2) is 48.5 Å². The Morgan fingerprint density at radius 1 is 0.935 bits per heavy atom. The summed E-state index contributed by atoms with van der Waals surface area (Å²) in [6, 6.07) is 15.4. The van der Waals surface area contributed by atoms with Gasteiger partial charge in [-0.15, -0.1) is 0 Å². The Kier molecular flexibility index (Phi) is 7.33. The molecular formula is C25H34N4O2. The summed E-state index contributed by atoms with van der Waals surface area (Å²) in [5.74, 6) is -0.487. The summed E-state index contributed by atoms with van der Waals surface area (Å²) in [5.41, 5.74) is 3.55. The Morgan fingerprint density at radius 2 is 1.58 bits per heavy atom. The minimum absolute atomic E-state index is 0.0332. The molecule has 1 aliphatic heterocycles. The molecule has 0 bridgehead atoms. The zero-order valence-electron chi connectivity index (χ0n) is 19.1. The average Bonchev–Trinajstić information content (AvgIpc) is 2.77. The fourth-order valence-electron chi connectivity index (χ4n) is 3.74. The van der Waals surface area contributed by atoms with Gasteiger partial charge in [0, 0.05) is 31.7 Å². The highest BCUT2D eigenvalue weighted by atomic mass is 16.2. The molecule has 6 heteroatoms. The third-order valence-electron chi connectivity index (χ3n) is 5.76. The van der Waals surface area contributed by atoms with Crippen LogP contribution in [0.25, 0.3) is 0 Å².